The predicted octanol–water partition coefficient (Wildman–Crippen LogP) is 0.785. The van der Waals surface area contributed by atoms with Gasteiger partial charge in [-0.2, -0.15) is 0 Å². The van der Waals surface area contributed by atoms with Crippen LogP contribution < -0.4 is 11.3 Å². The summed E-state index contributed by atoms with van der Waals surface area (Å²) in [6.45, 7) is 0. The predicted molar refractivity (Wildman–Crippen MR) is 46.7 cm³/mol. The third kappa shape index (κ3) is 1.28. The third-order valence-corrected chi connectivity index (χ3v) is 2.34. The lowest BCUT2D eigenvalue weighted by atomic mass is 10.1. The van der Waals surface area contributed by atoms with Crippen LogP contribution in [0.15, 0.2) is 23.1 Å². The van der Waals surface area contributed by atoms with Gasteiger partial charge in [-0.15, -0.1) is 0 Å². The molecule has 1 atom stereocenters. The van der Waals surface area contributed by atoms with E-state index in [1.807, 2.05) is 12.1 Å². The number of H-pyrrole nitrogens is 1. The van der Waals surface area contributed by atoms with Gasteiger partial charge in [-0.3, -0.25) is 4.79 Å². The van der Waals surface area contributed by atoms with E-state index in [0.717, 1.165) is 18.4 Å². The van der Waals surface area contributed by atoms with E-state index in [4.69, 9.17) is 5.73 Å². The van der Waals surface area contributed by atoms with E-state index in [9.17, 15) is 4.79 Å². The first-order valence-corrected chi connectivity index (χ1v) is 4.22. The fraction of sp³-hybridized carbons (Fsp3) is 0.444. The highest BCUT2D eigenvalue weighted by molar-refractivity contribution is 5.16. The molecule has 3 nitrogen and oxygen atoms in total. The molecule has 1 aliphatic rings. The van der Waals surface area contributed by atoms with Crippen molar-refractivity contribution in [2.24, 2.45) is 11.7 Å². The highest BCUT2D eigenvalue weighted by atomic mass is 16.1. The fourth-order valence-electron chi connectivity index (χ4n) is 1.41. The summed E-state index contributed by atoms with van der Waals surface area (Å²) in [5.74, 6) is 0.536. The number of pyridine rings is 1. The third-order valence-electron chi connectivity index (χ3n) is 2.34. The Labute approximate surface area is 70.6 Å². The summed E-state index contributed by atoms with van der Waals surface area (Å²) in [4.78, 5) is 13.9. The highest BCUT2D eigenvalue weighted by Gasteiger charge is 2.30. The summed E-state index contributed by atoms with van der Waals surface area (Å²) in [6.07, 6.45) is 3.95. The molecular formula is C9H12N2O. The number of aromatic amines is 1. The first-order chi connectivity index (χ1) is 5.79. The molecule has 1 saturated carbocycles. The Morgan fingerprint density at radius 1 is 1.58 bits per heavy atom. The molecule has 0 aliphatic heterocycles. The van der Waals surface area contributed by atoms with E-state index >= 15 is 0 Å². The lowest BCUT2D eigenvalue weighted by Gasteiger charge is -2.07. The van der Waals surface area contributed by atoms with E-state index in [2.05, 4.69) is 4.98 Å². The molecule has 0 radical (unpaired) electrons. The molecule has 0 bridgehead atoms. The lowest BCUT2D eigenvalue weighted by Crippen LogP contribution is -2.22. The number of nitrogens with one attached hydrogen (secondary N) is 1. The molecule has 0 aromatic carbocycles. The Morgan fingerprint density at radius 3 is 2.92 bits per heavy atom. The molecule has 1 aliphatic carbocycles. The normalized spacial score (nSPS) is 19.1. The van der Waals surface area contributed by atoms with Gasteiger partial charge in [0.25, 0.3) is 5.56 Å². The minimum absolute atomic E-state index is 0.0445. The van der Waals surface area contributed by atoms with Crippen molar-refractivity contribution < 1.29 is 0 Å². The van der Waals surface area contributed by atoms with Crippen molar-refractivity contribution in [2.75, 3.05) is 0 Å². The molecule has 12 heavy (non-hydrogen) atoms. The Hall–Kier alpha value is -1.09. The monoisotopic (exact) mass is 164 g/mol. The van der Waals surface area contributed by atoms with Crippen LogP contribution in [0.1, 0.15) is 24.4 Å². The second-order valence-corrected chi connectivity index (χ2v) is 3.32. The molecule has 1 aromatic heterocycles. The van der Waals surface area contributed by atoms with E-state index in [1.54, 1.807) is 6.20 Å². The van der Waals surface area contributed by atoms with Crippen LogP contribution in [0, 0.1) is 5.92 Å². The molecule has 1 heterocycles. The van der Waals surface area contributed by atoms with Crippen LogP contribution >= 0.6 is 0 Å². The summed E-state index contributed by atoms with van der Waals surface area (Å²) in [5, 5.41) is 0. The van der Waals surface area contributed by atoms with Gasteiger partial charge in [-0.25, -0.2) is 0 Å². The van der Waals surface area contributed by atoms with E-state index < -0.39 is 0 Å². The number of nitrogens with two attached hydrogens (primary N) is 1. The first-order valence-electron chi connectivity index (χ1n) is 4.22. The van der Waals surface area contributed by atoms with Gasteiger partial charge in [-0.05, 0) is 24.8 Å². The molecule has 3 heteroatoms. The maximum absolute atomic E-state index is 11.3. The van der Waals surface area contributed by atoms with Crippen LogP contribution in [0.25, 0.3) is 0 Å². The number of aromatic nitrogens is 1. The average Bonchev–Trinajstić information content (AvgIpc) is 2.86. The van der Waals surface area contributed by atoms with Crippen LogP contribution in [0.4, 0.5) is 0 Å². The summed E-state index contributed by atoms with van der Waals surface area (Å²) in [5.41, 5.74) is 6.56. The zero-order valence-electron chi connectivity index (χ0n) is 6.79. The van der Waals surface area contributed by atoms with Gasteiger partial charge < -0.3 is 10.7 Å². The molecule has 2 rings (SSSR count). The lowest BCUT2D eigenvalue weighted by molar-refractivity contribution is 0.625. The van der Waals surface area contributed by atoms with E-state index in [0.29, 0.717) is 5.92 Å². The molecule has 64 valence electrons. The Bertz CT molecular complexity index is 327. The van der Waals surface area contributed by atoms with Crippen LogP contribution in [-0.2, 0) is 0 Å². The zero-order valence-corrected chi connectivity index (χ0v) is 6.79. The van der Waals surface area contributed by atoms with Crippen molar-refractivity contribution in [1.82, 2.24) is 4.98 Å². The Kier molecular flexibility index (Phi) is 1.73. The fourth-order valence-corrected chi connectivity index (χ4v) is 1.41. The second kappa shape index (κ2) is 2.75. The minimum atomic E-state index is -0.0602. The van der Waals surface area contributed by atoms with Crippen molar-refractivity contribution in [3.8, 4) is 0 Å². The Morgan fingerprint density at radius 2 is 2.33 bits per heavy atom. The van der Waals surface area contributed by atoms with Crippen LogP contribution in [0.3, 0.4) is 0 Å². The largest absolute Gasteiger partial charge is 0.329 e. The molecule has 1 unspecified atom stereocenters. The van der Waals surface area contributed by atoms with Gasteiger partial charge in [-0.1, -0.05) is 6.07 Å². The molecule has 1 aromatic rings. The summed E-state index contributed by atoms with van der Waals surface area (Å²) in [7, 11) is 0. The molecule has 1 fully saturated rings. The summed E-state index contributed by atoms with van der Waals surface area (Å²) in [6, 6.07) is 3.57. The zero-order chi connectivity index (χ0) is 8.55. The average molecular weight is 164 g/mol. The van der Waals surface area contributed by atoms with Crippen LogP contribution in [-0.4, -0.2) is 4.98 Å². The highest BCUT2D eigenvalue weighted by Crippen LogP contribution is 2.38. The quantitative estimate of drug-likeness (QED) is 0.678. The van der Waals surface area contributed by atoms with Gasteiger partial charge in [0, 0.05) is 17.8 Å². The van der Waals surface area contributed by atoms with Crippen molar-refractivity contribution >= 4 is 0 Å². The summed E-state index contributed by atoms with van der Waals surface area (Å²) < 4.78 is 0. The Balaban J connectivity index is 2.32. The van der Waals surface area contributed by atoms with Crippen LogP contribution in [0.5, 0.6) is 0 Å². The van der Waals surface area contributed by atoms with Crippen molar-refractivity contribution in [2.45, 2.75) is 18.9 Å². The van der Waals surface area contributed by atoms with Gasteiger partial charge in [0.1, 0.15) is 0 Å². The second-order valence-electron chi connectivity index (χ2n) is 3.32. The van der Waals surface area contributed by atoms with E-state index in [-0.39, 0.29) is 11.6 Å². The SMILES string of the molecule is NC(c1ccc[nH]c1=O)C1CC1. The van der Waals surface area contributed by atoms with E-state index in [1.165, 1.54) is 0 Å². The molecule has 0 amide bonds. The van der Waals surface area contributed by atoms with Crippen LogP contribution in [0.2, 0.25) is 0 Å². The van der Waals surface area contributed by atoms with Crippen molar-refractivity contribution in [3.05, 3.63) is 34.2 Å². The minimum Gasteiger partial charge on any atom is -0.329 e. The molecule has 0 spiro atoms. The molecule has 0 saturated heterocycles. The summed E-state index contributed by atoms with van der Waals surface area (Å²) >= 11 is 0. The van der Waals surface area contributed by atoms with Gasteiger partial charge in [0.15, 0.2) is 0 Å². The van der Waals surface area contributed by atoms with Gasteiger partial charge in [0.2, 0.25) is 0 Å². The smallest absolute Gasteiger partial charge is 0.252 e. The van der Waals surface area contributed by atoms with Crippen molar-refractivity contribution in [3.63, 3.8) is 0 Å². The molecule has 3 N–H and O–H groups in total. The first kappa shape index (κ1) is 7.55. The standard InChI is InChI=1S/C9H12N2O/c10-8(6-3-4-6)7-2-1-5-11-9(7)12/h1-2,5-6,8H,3-4,10H2,(H,11,12). The molecular weight excluding hydrogens is 152 g/mol. The van der Waals surface area contributed by atoms with Gasteiger partial charge in [0.05, 0.1) is 0 Å². The maximum Gasteiger partial charge on any atom is 0.252 e. The number of hydrogen-bond donors (Lipinski definition) is 2. The maximum atomic E-state index is 11.3. The van der Waals surface area contributed by atoms with Gasteiger partial charge >= 0.3 is 0 Å². The topological polar surface area (TPSA) is 58.9 Å². The van der Waals surface area contributed by atoms with Crippen molar-refractivity contribution in [1.29, 1.82) is 0 Å². The number of rotatable bonds is 2. The number of hydrogen-bond acceptors (Lipinski definition) is 2.